The standard InChI is InChI=1S/C24H23N3O3/c1-15-20-18(13-8-14-19(20)28)26-21(15)23(29)27-22(16-9-4-2-5-10-16)24(30)25-17-11-6-3-7-12-17/h2-7,9-12,22,26H,8,13-14H2,1H3,(H,25,30)(H,27,29). The molecular weight excluding hydrogens is 378 g/mol. The number of ketones is 1. The number of benzene rings is 2. The number of aryl methyl sites for hydroxylation is 1. The number of rotatable bonds is 5. The van der Waals surface area contributed by atoms with Crippen LogP contribution in [-0.4, -0.2) is 22.6 Å². The lowest BCUT2D eigenvalue weighted by Gasteiger charge is -2.19. The minimum Gasteiger partial charge on any atom is -0.354 e. The van der Waals surface area contributed by atoms with Crippen LogP contribution in [-0.2, 0) is 11.2 Å². The maximum absolute atomic E-state index is 13.1. The first-order valence-electron chi connectivity index (χ1n) is 10.0. The van der Waals surface area contributed by atoms with Gasteiger partial charge in [-0.15, -0.1) is 0 Å². The number of para-hydroxylation sites is 1. The molecule has 0 fully saturated rings. The average Bonchev–Trinajstić information content (AvgIpc) is 3.11. The number of aromatic amines is 1. The zero-order chi connectivity index (χ0) is 21.1. The highest BCUT2D eigenvalue weighted by Crippen LogP contribution is 2.27. The van der Waals surface area contributed by atoms with Gasteiger partial charge in [0.05, 0.1) is 0 Å². The first-order valence-corrected chi connectivity index (χ1v) is 10.0. The fourth-order valence-corrected chi connectivity index (χ4v) is 3.89. The van der Waals surface area contributed by atoms with Crippen molar-refractivity contribution in [2.75, 3.05) is 5.32 Å². The quantitative estimate of drug-likeness (QED) is 0.604. The molecule has 2 aromatic carbocycles. The molecule has 1 unspecified atom stereocenters. The van der Waals surface area contributed by atoms with E-state index in [1.807, 2.05) is 36.4 Å². The molecule has 1 aliphatic rings. The zero-order valence-electron chi connectivity index (χ0n) is 16.7. The third-order valence-corrected chi connectivity index (χ3v) is 5.38. The molecule has 1 aromatic heterocycles. The number of aromatic nitrogens is 1. The lowest BCUT2D eigenvalue weighted by molar-refractivity contribution is -0.118. The van der Waals surface area contributed by atoms with Crippen LogP contribution in [0.3, 0.4) is 0 Å². The number of amides is 2. The minimum atomic E-state index is -0.880. The Balaban J connectivity index is 1.61. The molecule has 6 heteroatoms. The van der Waals surface area contributed by atoms with Gasteiger partial charge in [-0.25, -0.2) is 0 Å². The fraction of sp³-hybridized carbons (Fsp3) is 0.208. The van der Waals surface area contributed by atoms with E-state index < -0.39 is 11.9 Å². The van der Waals surface area contributed by atoms with Crippen LogP contribution in [0.25, 0.3) is 0 Å². The largest absolute Gasteiger partial charge is 0.354 e. The Hall–Kier alpha value is -3.67. The summed E-state index contributed by atoms with van der Waals surface area (Å²) in [6.07, 6.45) is 2.02. The first kappa shape index (κ1) is 19.6. The lowest BCUT2D eigenvalue weighted by atomic mass is 9.93. The third-order valence-electron chi connectivity index (χ3n) is 5.38. The Labute approximate surface area is 174 Å². The molecular formula is C24H23N3O3. The summed E-state index contributed by atoms with van der Waals surface area (Å²) in [5.74, 6) is -0.692. The van der Waals surface area contributed by atoms with Gasteiger partial charge in [0.2, 0.25) is 0 Å². The molecule has 4 rings (SSSR count). The van der Waals surface area contributed by atoms with Crippen LogP contribution in [0.4, 0.5) is 5.69 Å². The van der Waals surface area contributed by atoms with E-state index in [9.17, 15) is 14.4 Å². The van der Waals surface area contributed by atoms with Gasteiger partial charge in [0, 0.05) is 23.4 Å². The van der Waals surface area contributed by atoms with Gasteiger partial charge in [-0.1, -0.05) is 48.5 Å². The van der Waals surface area contributed by atoms with Crippen LogP contribution in [0.5, 0.6) is 0 Å². The molecule has 0 saturated carbocycles. The summed E-state index contributed by atoms with van der Waals surface area (Å²) < 4.78 is 0. The second-order valence-corrected chi connectivity index (χ2v) is 7.43. The van der Waals surface area contributed by atoms with Crippen molar-refractivity contribution in [3.05, 3.63) is 88.7 Å². The van der Waals surface area contributed by atoms with Crippen LogP contribution in [0.1, 0.15) is 56.6 Å². The van der Waals surface area contributed by atoms with Crippen LogP contribution < -0.4 is 10.6 Å². The Bertz CT molecular complexity index is 1090. The summed E-state index contributed by atoms with van der Waals surface area (Å²) >= 11 is 0. The number of carbonyl (C=O) groups excluding carboxylic acids is 3. The normalized spacial score (nSPS) is 14.0. The van der Waals surface area contributed by atoms with Crippen LogP contribution in [0.2, 0.25) is 0 Å². The van der Waals surface area contributed by atoms with Gasteiger partial charge >= 0.3 is 0 Å². The molecule has 0 bridgehead atoms. The summed E-state index contributed by atoms with van der Waals surface area (Å²) in [6, 6.07) is 17.3. The number of H-pyrrole nitrogens is 1. The Morgan fingerprint density at radius 3 is 2.30 bits per heavy atom. The molecule has 6 nitrogen and oxygen atoms in total. The van der Waals surface area contributed by atoms with Gasteiger partial charge in [-0.05, 0) is 43.0 Å². The van der Waals surface area contributed by atoms with Crippen LogP contribution in [0, 0.1) is 6.92 Å². The number of Topliss-reactive ketones (excluding diaryl/α,β-unsaturated/α-hetero) is 1. The molecule has 2 amide bonds. The van der Waals surface area contributed by atoms with Crippen molar-refractivity contribution < 1.29 is 14.4 Å². The minimum absolute atomic E-state index is 0.0606. The van der Waals surface area contributed by atoms with Gasteiger partial charge in [0.25, 0.3) is 11.8 Å². The molecule has 0 aliphatic heterocycles. The van der Waals surface area contributed by atoms with Crippen molar-refractivity contribution >= 4 is 23.3 Å². The predicted octanol–water partition coefficient (Wildman–Crippen LogP) is 3.95. The van der Waals surface area contributed by atoms with Crippen molar-refractivity contribution in [1.29, 1.82) is 0 Å². The monoisotopic (exact) mass is 401 g/mol. The van der Waals surface area contributed by atoms with Crippen molar-refractivity contribution in [3.63, 3.8) is 0 Å². The zero-order valence-corrected chi connectivity index (χ0v) is 16.7. The van der Waals surface area contributed by atoms with Gasteiger partial charge in [0.1, 0.15) is 11.7 Å². The van der Waals surface area contributed by atoms with Crippen molar-refractivity contribution in [1.82, 2.24) is 10.3 Å². The van der Waals surface area contributed by atoms with Crippen molar-refractivity contribution in [2.45, 2.75) is 32.2 Å². The van der Waals surface area contributed by atoms with Crippen LogP contribution in [0.15, 0.2) is 60.7 Å². The highest BCUT2D eigenvalue weighted by Gasteiger charge is 2.29. The smallest absolute Gasteiger partial charge is 0.268 e. The molecule has 0 radical (unpaired) electrons. The van der Waals surface area contributed by atoms with Gasteiger partial charge in [-0.3, -0.25) is 14.4 Å². The van der Waals surface area contributed by atoms with E-state index >= 15 is 0 Å². The third kappa shape index (κ3) is 3.89. The number of hydrogen-bond donors (Lipinski definition) is 3. The number of nitrogens with one attached hydrogen (secondary N) is 3. The summed E-state index contributed by atoms with van der Waals surface area (Å²) in [7, 11) is 0. The second kappa shape index (κ2) is 8.37. The van der Waals surface area contributed by atoms with Gasteiger partial charge < -0.3 is 15.6 Å². The average molecular weight is 401 g/mol. The van der Waals surface area contributed by atoms with E-state index in [0.29, 0.717) is 34.5 Å². The first-order chi connectivity index (χ1) is 14.5. The molecule has 1 aliphatic carbocycles. The summed E-state index contributed by atoms with van der Waals surface area (Å²) in [5.41, 5.74) is 3.72. The highest BCUT2D eigenvalue weighted by atomic mass is 16.2. The Morgan fingerprint density at radius 1 is 0.967 bits per heavy atom. The molecule has 0 spiro atoms. The number of anilines is 1. The molecule has 3 aromatic rings. The maximum atomic E-state index is 13.1. The summed E-state index contributed by atoms with van der Waals surface area (Å²) in [6.45, 7) is 1.77. The topological polar surface area (TPSA) is 91.1 Å². The van der Waals surface area contributed by atoms with Crippen molar-refractivity contribution in [2.24, 2.45) is 0 Å². The second-order valence-electron chi connectivity index (χ2n) is 7.43. The van der Waals surface area contributed by atoms with E-state index in [1.165, 1.54) is 0 Å². The van der Waals surface area contributed by atoms with E-state index in [1.54, 1.807) is 31.2 Å². The summed E-state index contributed by atoms with van der Waals surface area (Å²) in [4.78, 5) is 41.5. The van der Waals surface area contributed by atoms with E-state index in [4.69, 9.17) is 0 Å². The van der Waals surface area contributed by atoms with Gasteiger partial charge in [0.15, 0.2) is 5.78 Å². The number of fused-ring (bicyclic) bond motifs is 1. The molecule has 1 heterocycles. The molecule has 3 N–H and O–H groups in total. The molecule has 30 heavy (non-hydrogen) atoms. The van der Waals surface area contributed by atoms with E-state index in [0.717, 1.165) is 18.5 Å². The molecule has 152 valence electrons. The molecule has 1 atom stereocenters. The number of hydrogen-bond acceptors (Lipinski definition) is 3. The number of carbonyl (C=O) groups is 3. The SMILES string of the molecule is Cc1c(C(=O)NC(C(=O)Nc2ccccc2)c2ccccc2)[nH]c2c1C(=O)CCC2. The highest BCUT2D eigenvalue weighted by molar-refractivity contribution is 6.06. The van der Waals surface area contributed by atoms with Crippen molar-refractivity contribution in [3.8, 4) is 0 Å². The lowest BCUT2D eigenvalue weighted by Crippen LogP contribution is -2.37. The molecule has 0 saturated heterocycles. The predicted molar refractivity (Wildman–Crippen MR) is 115 cm³/mol. The summed E-state index contributed by atoms with van der Waals surface area (Å²) in [5, 5.41) is 5.69. The Kier molecular flexibility index (Phi) is 5.48. The van der Waals surface area contributed by atoms with Gasteiger partial charge in [-0.2, -0.15) is 0 Å². The van der Waals surface area contributed by atoms with E-state index in [-0.39, 0.29) is 11.7 Å². The maximum Gasteiger partial charge on any atom is 0.268 e. The van der Waals surface area contributed by atoms with E-state index in [2.05, 4.69) is 15.6 Å². The van der Waals surface area contributed by atoms with Crippen LogP contribution >= 0.6 is 0 Å². The Morgan fingerprint density at radius 2 is 1.63 bits per heavy atom. The fourth-order valence-electron chi connectivity index (χ4n) is 3.89.